The molecule has 2 aromatic rings. The summed E-state index contributed by atoms with van der Waals surface area (Å²) >= 11 is 6.19. The van der Waals surface area contributed by atoms with Gasteiger partial charge in [0.1, 0.15) is 13.2 Å². The fraction of sp³-hybridized carbons (Fsp3) is 0.200. The predicted octanol–water partition coefficient (Wildman–Crippen LogP) is 3.86. The van der Waals surface area contributed by atoms with Gasteiger partial charge in [-0.3, -0.25) is 4.79 Å². The number of methoxy groups -OCH3 is 1. The standard InChI is InChI=1S/C20H18ClNO5/c1-12-3-5-14(20(24)25-2)11-16(12)22-18(23)6-4-13-9-15(21)19-17(10-13)26-7-8-27-19/h3-6,9-11H,7-8H2,1-2H3,(H,22,23)/b6-4+. The van der Waals surface area contributed by atoms with E-state index < -0.39 is 5.97 Å². The van der Waals surface area contributed by atoms with Crippen LogP contribution in [0.4, 0.5) is 5.69 Å². The van der Waals surface area contributed by atoms with Crippen molar-refractivity contribution in [2.75, 3.05) is 25.6 Å². The van der Waals surface area contributed by atoms with E-state index in [0.717, 1.165) is 5.56 Å². The molecule has 1 N–H and O–H groups in total. The number of amides is 1. The van der Waals surface area contributed by atoms with Crippen LogP contribution in [0.3, 0.4) is 0 Å². The Balaban J connectivity index is 1.74. The smallest absolute Gasteiger partial charge is 0.337 e. The molecule has 1 aliphatic heterocycles. The lowest BCUT2D eigenvalue weighted by Gasteiger charge is -2.19. The van der Waals surface area contributed by atoms with Gasteiger partial charge in [0.05, 0.1) is 17.7 Å². The van der Waals surface area contributed by atoms with Gasteiger partial charge in [-0.1, -0.05) is 17.7 Å². The molecule has 27 heavy (non-hydrogen) atoms. The molecule has 6 nitrogen and oxygen atoms in total. The molecule has 1 amide bonds. The zero-order valence-electron chi connectivity index (χ0n) is 14.9. The Hall–Kier alpha value is -2.99. The van der Waals surface area contributed by atoms with Crippen LogP contribution in [0.15, 0.2) is 36.4 Å². The molecule has 0 radical (unpaired) electrons. The highest BCUT2D eigenvalue weighted by molar-refractivity contribution is 6.32. The number of halogens is 1. The first-order valence-corrected chi connectivity index (χ1v) is 8.63. The third kappa shape index (κ3) is 4.41. The first-order valence-electron chi connectivity index (χ1n) is 8.25. The maximum Gasteiger partial charge on any atom is 0.337 e. The number of hydrogen-bond donors (Lipinski definition) is 1. The minimum Gasteiger partial charge on any atom is -0.486 e. The van der Waals surface area contributed by atoms with E-state index in [1.807, 2.05) is 6.92 Å². The van der Waals surface area contributed by atoms with Crippen molar-refractivity contribution in [1.82, 2.24) is 0 Å². The Morgan fingerprint density at radius 2 is 1.96 bits per heavy atom. The number of ether oxygens (including phenoxy) is 3. The van der Waals surface area contributed by atoms with E-state index in [4.69, 9.17) is 25.8 Å². The monoisotopic (exact) mass is 387 g/mol. The second-order valence-corrected chi connectivity index (χ2v) is 6.28. The number of fused-ring (bicyclic) bond motifs is 1. The summed E-state index contributed by atoms with van der Waals surface area (Å²) in [4.78, 5) is 23.9. The van der Waals surface area contributed by atoms with Crippen molar-refractivity contribution in [1.29, 1.82) is 0 Å². The predicted molar refractivity (Wildman–Crippen MR) is 103 cm³/mol. The van der Waals surface area contributed by atoms with E-state index in [1.54, 1.807) is 36.4 Å². The van der Waals surface area contributed by atoms with Gasteiger partial charge in [-0.25, -0.2) is 4.79 Å². The van der Waals surface area contributed by atoms with Gasteiger partial charge in [-0.05, 0) is 48.4 Å². The molecular formula is C20H18ClNO5. The lowest BCUT2D eigenvalue weighted by atomic mass is 10.1. The first-order chi connectivity index (χ1) is 13.0. The number of aryl methyl sites for hydroxylation is 1. The average Bonchev–Trinajstić information content (AvgIpc) is 2.67. The molecule has 0 unspecified atom stereocenters. The second kappa shape index (κ2) is 8.14. The van der Waals surface area contributed by atoms with Gasteiger partial charge >= 0.3 is 5.97 Å². The summed E-state index contributed by atoms with van der Waals surface area (Å²) in [6.07, 6.45) is 3.00. The fourth-order valence-electron chi connectivity index (χ4n) is 2.57. The van der Waals surface area contributed by atoms with Crippen LogP contribution in [0.1, 0.15) is 21.5 Å². The van der Waals surface area contributed by atoms with Gasteiger partial charge in [0, 0.05) is 11.8 Å². The van der Waals surface area contributed by atoms with Gasteiger partial charge in [0.15, 0.2) is 11.5 Å². The maximum atomic E-state index is 12.3. The summed E-state index contributed by atoms with van der Waals surface area (Å²) in [6, 6.07) is 8.42. The third-order valence-electron chi connectivity index (χ3n) is 3.96. The minimum atomic E-state index is -0.466. The number of carbonyl (C=O) groups excluding carboxylic acids is 2. The van der Waals surface area contributed by atoms with Crippen molar-refractivity contribution in [2.24, 2.45) is 0 Å². The molecule has 0 saturated carbocycles. The van der Waals surface area contributed by atoms with Gasteiger partial charge in [-0.15, -0.1) is 0 Å². The van der Waals surface area contributed by atoms with Crippen LogP contribution in [-0.2, 0) is 9.53 Å². The summed E-state index contributed by atoms with van der Waals surface area (Å²) in [5.74, 6) is 0.258. The second-order valence-electron chi connectivity index (χ2n) is 5.87. The van der Waals surface area contributed by atoms with Crippen molar-refractivity contribution in [3.05, 3.63) is 58.1 Å². The van der Waals surface area contributed by atoms with Crippen molar-refractivity contribution in [3.63, 3.8) is 0 Å². The molecule has 140 valence electrons. The molecule has 3 rings (SSSR count). The zero-order valence-corrected chi connectivity index (χ0v) is 15.6. The largest absolute Gasteiger partial charge is 0.486 e. The molecule has 2 aromatic carbocycles. The highest BCUT2D eigenvalue weighted by Gasteiger charge is 2.16. The Bertz CT molecular complexity index is 923. The lowest BCUT2D eigenvalue weighted by molar-refractivity contribution is -0.111. The number of carbonyl (C=O) groups is 2. The van der Waals surface area contributed by atoms with Crippen LogP contribution in [0.25, 0.3) is 6.08 Å². The topological polar surface area (TPSA) is 73.9 Å². The number of benzene rings is 2. The summed E-state index contributed by atoms with van der Waals surface area (Å²) in [5.41, 5.74) is 2.43. The Morgan fingerprint density at radius 1 is 1.19 bits per heavy atom. The molecule has 0 fully saturated rings. The highest BCUT2D eigenvalue weighted by atomic mass is 35.5. The van der Waals surface area contributed by atoms with Gasteiger partial charge in [0.25, 0.3) is 0 Å². The fourth-order valence-corrected chi connectivity index (χ4v) is 2.85. The molecule has 0 aromatic heterocycles. The lowest BCUT2D eigenvalue weighted by Crippen LogP contribution is -2.15. The van der Waals surface area contributed by atoms with Crippen molar-refractivity contribution < 1.29 is 23.8 Å². The third-order valence-corrected chi connectivity index (χ3v) is 4.24. The van der Waals surface area contributed by atoms with Crippen LogP contribution >= 0.6 is 11.6 Å². The van der Waals surface area contributed by atoms with E-state index in [1.165, 1.54) is 13.2 Å². The molecule has 0 spiro atoms. The molecule has 1 aliphatic rings. The maximum absolute atomic E-state index is 12.3. The van der Waals surface area contributed by atoms with E-state index in [2.05, 4.69) is 5.32 Å². The van der Waals surface area contributed by atoms with E-state index >= 15 is 0 Å². The number of esters is 1. The van der Waals surface area contributed by atoms with E-state index in [-0.39, 0.29) is 5.91 Å². The van der Waals surface area contributed by atoms with Crippen molar-refractivity contribution in [3.8, 4) is 11.5 Å². The van der Waals surface area contributed by atoms with Crippen LogP contribution in [0.2, 0.25) is 5.02 Å². The van der Waals surface area contributed by atoms with Gasteiger partial charge in [-0.2, -0.15) is 0 Å². The SMILES string of the molecule is COC(=O)c1ccc(C)c(NC(=O)/C=C/c2cc(Cl)c3c(c2)OCCO3)c1. The van der Waals surface area contributed by atoms with Crippen molar-refractivity contribution >= 4 is 35.2 Å². The minimum absolute atomic E-state index is 0.342. The van der Waals surface area contributed by atoms with E-state index in [9.17, 15) is 9.59 Å². The Kier molecular flexibility index (Phi) is 5.66. The molecule has 0 aliphatic carbocycles. The quantitative estimate of drug-likeness (QED) is 0.637. The van der Waals surface area contributed by atoms with Crippen LogP contribution in [-0.4, -0.2) is 32.2 Å². The normalized spacial score (nSPS) is 12.7. The average molecular weight is 388 g/mol. The molecule has 1 heterocycles. The van der Waals surface area contributed by atoms with Crippen molar-refractivity contribution in [2.45, 2.75) is 6.92 Å². The highest BCUT2D eigenvalue weighted by Crippen LogP contribution is 2.38. The Labute approximate surface area is 161 Å². The van der Waals surface area contributed by atoms with Crippen LogP contribution in [0, 0.1) is 6.92 Å². The summed E-state index contributed by atoms with van der Waals surface area (Å²) in [7, 11) is 1.31. The molecule has 0 saturated heterocycles. The molecular weight excluding hydrogens is 370 g/mol. The number of rotatable bonds is 4. The number of anilines is 1. The van der Waals surface area contributed by atoms with Gasteiger partial charge < -0.3 is 19.5 Å². The number of hydrogen-bond acceptors (Lipinski definition) is 5. The van der Waals surface area contributed by atoms with Crippen LogP contribution < -0.4 is 14.8 Å². The van der Waals surface area contributed by atoms with E-state index in [0.29, 0.717) is 46.5 Å². The zero-order chi connectivity index (χ0) is 19.4. The Morgan fingerprint density at radius 3 is 2.74 bits per heavy atom. The molecule has 7 heteroatoms. The molecule has 0 atom stereocenters. The van der Waals surface area contributed by atoms with Gasteiger partial charge in [0.2, 0.25) is 5.91 Å². The van der Waals surface area contributed by atoms with Crippen LogP contribution in [0.5, 0.6) is 11.5 Å². The summed E-state index contributed by atoms with van der Waals surface area (Å²) in [6.45, 7) is 2.74. The summed E-state index contributed by atoms with van der Waals surface area (Å²) in [5, 5.41) is 3.18. The summed E-state index contributed by atoms with van der Waals surface area (Å²) < 4.78 is 15.7. The number of nitrogens with one attached hydrogen (secondary N) is 1. The first kappa shape index (κ1) is 18.8. The molecule has 0 bridgehead atoms.